The number of aryl methyl sites for hydroxylation is 1. The highest BCUT2D eigenvalue weighted by Crippen LogP contribution is 2.53. The summed E-state index contributed by atoms with van der Waals surface area (Å²) >= 11 is 4.83. The molecule has 148 valence electrons. The summed E-state index contributed by atoms with van der Waals surface area (Å²) in [6, 6.07) is 21.1. The molecule has 2 atom stereocenters. The van der Waals surface area contributed by atoms with Gasteiger partial charge in [-0.25, -0.2) is 4.39 Å². The van der Waals surface area contributed by atoms with Crippen LogP contribution < -0.4 is 0 Å². The minimum atomic E-state index is -1.62. The molecule has 0 spiro atoms. The van der Waals surface area contributed by atoms with E-state index in [1.165, 1.54) is 22.3 Å². The monoisotopic (exact) mass is 411 g/mol. The Hall–Kier alpha value is -2.78. The lowest BCUT2D eigenvalue weighted by atomic mass is 9.85. The molecule has 1 heterocycles. The Bertz CT molecular complexity index is 1290. The molecule has 0 N–H and O–H groups in total. The molecule has 1 nitrogen and oxygen atoms in total. The van der Waals surface area contributed by atoms with E-state index in [4.69, 9.17) is 12.6 Å². The van der Waals surface area contributed by atoms with Crippen LogP contribution in [0.25, 0.3) is 22.9 Å². The van der Waals surface area contributed by atoms with Crippen LogP contribution in [0.2, 0.25) is 0 Å². The molecule has 0 saturated heterocycles. The first-order chi connectivity index (χ1) is 14.5. The van der Waals surface area contributed by atoms with Crippen LogP contribution in [0.4, 0.5) is 4.39 Å². The van der Waals surface area contributed by atoms with Crippen LogP contribution in [-0.2, 0) is 12.1 Å². The Labute approximate surface area is 182 Å². The molecule has 0 fully saturated rings. The topological polar surface area (TPSA) is 3.24 Å². The number of fused-ring (bicyclic) bond motifs is 6. The first-order valence-electron chi connectivity index (χ1n) is 10.3. The van der Waals surface area contributed by atoms with Crippen molar-refractivity contribution in [2.45, 2.75) is 24.4 Å². The lowest BCUT2D eigenvalue weighted by molar-refractivity contribution is 0.255. The molecular weight excluding hydrogens is 389 g/mol. The standard InChI is InChI=1S/C27H22FNS/c1-16-7-8-19-14-24-26(30)29(2)25(15-27(24,28)23(19)11-16)20-10-9-18-12-17-5-3-4-6-21(17)22(18)13-20/h3-11,13-15,26,30H,12H2,1-2H3. The molecule has 2 unspecified atom stereocenters. The third kappa shape index (κ3) is 2.36. The summed E-state index contributed by atoms with van der Waals surface area (Å²) in [5, 5.41) is -0.316. The average molecular weight is 412 g/mol. The minimum absolute atomic E-state index is 0.316. The molecule has 30 heavy (non-hydrogen) atoms. The quantitative estimate of drug-likeness (QED) is 0.356. The van der Waals surface area contributed by atoms with Gasteiger partial charge in [0.1, 0.15) is 0 Å². The molecule has 3 aromatic carbocycles. The van der Waals surface area contributed by atoms with Crippen molar-refractivity contribution in [1.82, 2.24) is 4.90 Å². The van der Waals surface area contributed by atoms with E-state index in [0.29, 0.717) is 5.57 Å². The zero-order chi connectivity index (χ0) is 20.6. The van der Waals surface area contributed by atoms with Gasteiger partial charge in [0.15, 0.2) is 5.67 Å². The smallest absolute Gasteiger partial charge is 0.181 e. The molecule has 3 heteroatoms. The van der Waals surface area contributed by atoms with Gasteiger partial charge in [-0.1, -0.05) is 60.2 Å². The van der Waals surface area contributed by atoms with Gasteiger partial charge in [0, 0.05) is 23.9 Å². The Morgan fingerprint density at radius 1 is 1.00 bits per heavy atom. The van der Waals surface area contributed by atoms with Crippen molar-refractivity contribution in [3.8, 4) is 11.1 Å². The van der Waals surface area contributed by atoms with E-state index < -0.39 is 5.67 Å². The van der Waals surface area contributed by atoms with E-state index in [1.54, 1.807) is 6.08 Å². The van der Waals surface area contributed by atoms with Crippen LogP contribution in [0, 0.1) is 6.92 Å². The number of nitrogens with zero attached hydrogens (tertiary/aromatic N) is 1. The second kappa shape index (κ2) is 6.12. The number of rotatable bonds is 1. The maximum absolute atomic E-state index is 16.6. The second-order valence-corrected chi connectivity index (χ2v) is 9.11. The number of thiol groups is 1. The van der Waals surface area contributed by atoms with E-state index in [1.807, 2.05) is 38.2 Å². The van der Waals surface area contributed by atoms with Gasteiger partial charge < -0.3 is 4.90 Å². The van der Waals surface area contributed by atoms with Gasteiger partial charge in [-0.15, -0.1) is 12.6 Å². The van der Waals surface area contributed by atoms with Crippen LogP contribution in [0.15, 0.2) is 72.3 Å². The van der Waals surface area contributed by atoms with E-state index in [2.05, 4.69) is 47.4 Å². The fraction of sp³-hybridized carbons (Fsp3) is 0.185. The number of benzene rings is 3. The molecular formula is C27H22FNS. The zero-order valence-corrected chi connectivity index (χ0v) is 17.9. The predicted octanol–water partition coefficient (Wildman–Crippen LogP) is 6.37. The summed E-state index contributed by atoms with van der Waals surface area (Å²) in [7, 11) is 2.00. The molecule has 0 bridgehead atoms. The Kier molecular flexibility index (Phi) is 3.67. The highest BCUT2D eigenvalue weighted by molar-refractivity contribution is 7.81. The summed E-state index contributed by atoms with van der Waals surface area (Å²) in [5.41, 5.74) is 8.97. The molecule has 2 aliphatic carbocycles. The fourth-order valence-electron chi connectivity index (χ4n) is 5.16. The molecule has 0 saturated carbocycles. The number of hydrogen-bond donors (Lipinski definition) is 1. The van der Waals surface area contributed by atoms with Crippen molar-refractivity contribution in [3.63, 3.8) is 0 Å². The molecule has 1 aliphatic heterocycles. The lowest BCUT2D eigenvalue weighted by Crippen LogP contribution is -2.39. The number of halogens is 1. The second-order valence-electron chi connectivity index (χ2n) is 8.62. The number of alkyl halides is 1. The van der Waals surface area contributed by atoms with E-state index in [9.17, 15) is 0 Å². The van der Waals surface area contributed by atoms with Crippen LogP contribution >= 0.6 is 12.6 Å². The van der Waals surface area contributed by atoms with E-state index in [0.717, 1.165) is 34.4 Å². The molecule has 3 aliphatic rings. The molecule has 0 amide bonds. The summed E-state index contributed by atoms with van der Waals surface area (Å²) in [5.74, 6) is 0. The van der Waals surface area contributed by atoms with Gasteiger partial charge in [-0.3, -0.25) is 0 Å². The first-order valence-corrected chi connectivity index (χ1v) is 10.8. The van der Waals surface area contributed by atoms with E-state index >= 15 is 4.39 Å². The minimum Gasteiger partial charge on any atom is -0.359 e. The maximum Gasteiger partial charge on any atom is 0.181 e. The summed E-state index contributed by atoms with van der Waals surface area (Å²) in [6.07, 6.45) is 4.72. The Morgan fingerprint density at radius 3 is 2.67 bits per heavy atom. The van der Waals surface area contributed by atoms with Crippen LogP contribution in [0.5, 0.6) is 0 Å². The predicted molar refractivity (Wildman–Crippen MR) is 125 cm³/mol. The highest BCUT2D eigenvalue weighted by atomic mass is 32.1. The van der Waals surface area contributed by atoms with Gasteiger partial charge in [0.25, 0.3) is 0 Å². The summed E-state index contributed by atoms with van der Waals surface area (Å²) in [4.78, 5) is 2.08. The van der Waals surface area contributed by atoms with Gasteiger partial charge in [-0.2, -0.15) is 0 Å². The van der Waals surface area contributed by atoms with Crippen LogP contribution in [0.1, 0.15) is 33.4 Å². The highest BCUT2D eigenvalue weighted by Gasteiger charge is 2.47. The largest absolute Gasteiger partial charge is 0.359 e. The number of hydrogen-bond acceptors (Lipinski definition) is 2. The van der Waals surface area contributed by atoms with Crippen molar-refractivity contribution in [1.29, 1.82) is 0 Å². The van der Waals surface area contributed by atoms with Crippen LogP contribution in [-0.4, -0.2) is 17.3 Å². The van der Waals surface area contributed by atoms with Crippen LogP contribution in [0.3, 0.4) is 0 Å². The number of likely N-dealkylation sites (N-methyl/N-ethyl adjacent to an activating group) is 1. The summed E-state index contributed by atoms with van der Waals surface area (Å²) < 4.78 is 16.6. The first kappa shape index (κ1) is 18.0. The van der Waals surface area contributed by atoms with Gasteiger partial charge in [-0.05, 0) is 64.9 Å². The summed E-state index contributed by atoms with van der Waals surface area (Å²) in [6.45, 7) is 2.01. The zero-order valence-electron chi connectivity index (χ0n) is 17.0. The van der Waals surface area contributed by atoms with Crippen molar-refractivity contribution in [2.24, 2.45) is 0 Å². The third-order valence-corrected chi connectivity index (χ3v) is 7.41. The molecule has 0 radical (unpaired) electrons. The van der Waals surface area contributed by atoms with Crippen molar-refractivity contribution in [3.05, 3.63) is 106 Å². The molecule has 6 rings (SSSR count). The van der Waals surface area contributed by atoms with Crippen molar-refractivity contribution in [2.75, 3.05) is 7.05 Å². The fourth-order valence-corrected chi connectivity index (χ4v) is 5.55. The normalized spacial score (nSPS) is 23.3. The van der Waals surface area contributed by atoms with Gasteiger partial charge in [0.2, 0.25) is 0 Å². The Morgan fingerprint density at radius 2 is 1.80 bits per heavy atom. The average Bonchev–Trinajstić information content (AvgIpc) is 3.26. The number of allylic oxidation sites excluding steroid dienone is 1. The van der Waals surface area contributed by atoms with Crippen molar-refractivity contribution >= 4 is 24.4 Å². The lowest BCUT2D eigenvalue weighted by Gasteiger charge is -2.40. The van der Waals surface area contributed by atoms with Gasteiger partial charge in [0.05, 0.1) is 5.37 Å². The SMILES string of the molecule is Cc1ccc2c(c1)C1(F)C=C(c3ccc4c(c3)-c3ccccc3C4)N(C)C(S)C1=C2. The van der Waals surface area contributed by atoms with Gasteiger partial charge >= 0.3 is 0 Å². The van der Waals surface area contributed by atoms with Crippen molar-refractivity contribution < 1.29 is 4.39 Å². The maximum atomic E-state index is 16.6. The molecule has 3 aromatic rings. The Balaban J connectivity index is 1.52. The third-order valence-electron chi connectivity index (χ3n) is 6.79. The molecule has 0 aromatic heterocycles. The van der Waals surface area contributed by atoms with E-state index in [-0.39, 0.29) is 5.37 Å².